The first-order chi connectivity index (χ1) is 13.5. The highest BCUT2D eigenvalue weighted by Gasteiger charge is 2.47. The van der Waals surface area contributed by atoms with Gasteiger partial charge in [-0.15, -0.1) is 0 Å². The lowest BCUT2D eigenvalue weighted by Crippen LogP contribution is -2.37. The largest absolute Gasteiger partial charge is 0.417 e. The molecule has 0 aliphatic carbocycles. The second kappa shape index (κ2) is 7.83. The molecule has 1 aromatic heterocycles. The van der Waals surface area contributed by atoms with Crippen LogP contribution in [0.3, 0.4) is 0 Å². The monoisotopic (exact) mass is 407 g/mol. The molecule has 2 aliphatic heterocycles. The normalized spacial score (nSPS) is 19.9. The molecule has 0 bridgehead atoms. The minimum absolute atomic E-state index is 0.0782. The Balaban J connectivity index is 1.39. The van der Waals surface area contributed by atoms with Crippen LogP contribution in [-0.4, -0.2) is 40.9 Å². The molecule has 1 unspecified atom stereocenters. The second-order valence-electron chi connectivity index (χ2n) is 6.74. The van der Waals surface area contributed by atoms with Gasteiger partial charge in [0.15, 0.2) is 0 Å². The highest BCUT2D eigenvalue weighted by Crippen LogP contribution is 2.38. The number of hydrogen-bond donors (Lipinski definition) is 0. The average molecular weight is 407 g/mol. The van der Waals surface area contributed by atoms with Crippen LogP contribution in [0.5, 0.6) is 5.19 Å². The van der Waals surface area contributed by atoms with Gasteiger partial charge in [-0.25, -0.2) is 9.78 Å². The maximum atomic E-state index is 14.6. The molecule has 0 saturated carbocycles. The minimum atomic E-state index is -3.17. The van der Waals surface area contributed by atoms with E-state index in [0.29, 0.717) is 24.5 Å². The summed E-state index contributed by atoms with van der Waals surface area (Å²) in [7, 11) is 0. The van der Waals surface area contributed by atoms with E-state index >= 15 is 0 Å². The number of piperidine rings is 1. The lowest BCUT2D eigenvalue weighted by molar-refractivity contribution is -0.131. The number of carbonyl (C=O) groups excluding carboxylic acids is 1. The number of nitrogens with zero attached hydrogens (tertiary/aromatic N) is 3. The molecule has 0 spiro atoms. The summed E-state index contributed by atoms with van der Waals surface area (Å²) in [6.07, 6.45) is 1.13. The SMILES string of the molecule is O=C(Oc1nc(C2=NOC(C(F)(F)c3ccccc3)C2)cs1)N1CCCCC1. The molecule has 0 radical (unpaired) electrons. The zero-order chi connectivity index (χ0) is 19.6. The van der Waals surface area contributed by atoms with E-state index in [4.69, 9.17) is 9.57 Å². The Hall–Kier alpha value is -2.55. The maximum Gasteiger partial charge on any atom is 0.417 e. The number of halogens is 2. The van der Waals surface area contributed by atoms with Gasteiger partial charge in [-0.05, 0) is 19.3 Å². The maximum absolute atomic E-state index is 14.6. The van der Waals surface area contributed by atoms with Crippen molar-refractivity contribution in [3.05, 3.63) is 47.0 Å². The van der Waals surface area contributed by atoms with Crippen LogP contribution in [0, 0.1) is 0 Å². The second-order valence-corrected chi connectivity index (χ2v) is 7.56. The molecule has 2 aliphatic rings. The van der Waals surface area contributed by atoms with Crippen molar-refractivity contribution in [3.63, 3.8) is 0 Å². The van der Waals surface area contributed by atoms with Gasteiger partial charge < -0.3 is 14.5 Å². The third kappa shape index (κ3) is 3.84. The van der Waals surface area contributed by atoms with Gasteiger partial charge >= 0.3 is 12.0 Å². The van der Waals surface area contributed by atoms with Crippen molar-refractivity contribution >= 4 is 23.1 Å². The average Bonchev–Trinajstić information content (AvgIpc) is 3.39. The summed E-state index contributed by atoms with van der Waals surface area (Å²) in [5, 5.41) is 5.59. The summed E-state index contributed by atoms with van der Waals surface area (Å²) in [6, 6.07) is 7.52. The highest BCUT2D eigenvalue weighted by atomic mass is 32.1. The number of benzene rings is 1. The summed E-state index contributed by atoms with van der Waals surface area (Å²) in [5.41, 5.74) is 0.584. The molecular weight excluding hydrogens is 388 g/mol. The van der Waals surface area contributed by atoms with Crippen molar-refractivity contribution < 1.29 is 23.1 Å². The van der Waals surface area contributed by atoms with Gasteiger partial charge in [-0.3, -0.25) is 0 Å². The number of rotatable bonds is 4. The number of hydrogen-bond acceptors (Lipinski definition) is 6. The van der Waals surface area contributed by atoms with E-state index in [-0.39, 0.29) is 17.2 Å². The third-order valence-electron chi connectivity index (χ3n) is 4.80. The fraction of sp³-hybridized carbons (Fsp3) is 0.421. The van der Waals surface area contributed by atoms with Crippen molar-refractivity contribution in [2.24, 2.45) is 5.16 Å². The summed E-state index contributed by atoms with van der Waals surface area (Å²) in [4.78, 5) is 23.0. The predicted octanol–water partition coefficient (Wildman–Crippen LogP) is 4.41. The van der Waals surface area contributed by atoms with Crippen molar-refractivity contribution in [2.75, 3.05) is 13.1 Å². The van der Waals surface area contributed by atoms with E-state index in [1.165, 1.54) is 12.1 Å². The van der Waals surface area contributed by atoms with Crippen molar-refractivity contribution in [2.45, 2.75) is 37.7 Å². The molecule has 1 saturated heterocycles. The fourth-order valence-electron chi connectivity index (χ4n) is 3.22. The zero-order valence-corrected chi connectivity index (χ0v) is 15.8. The van der Waals surface area contributed by atoms with Crippen LogP contribution in [0.2, 0.25) is 0 Å². The van der Waals surface area contributed by atoms with Crippen LogP contribution in [0.25, 0.3) is 0 Å². The Morgan fingerprint density at radius 2 is 1.96 bits per heavy atom. The first kappa shape index (κ1) is 18.8. The molecule has 4 rings (SSSR count). The van der Waals surface area contributed by atoms with Gasteiger partial charge in [0.25, 0.3) is 5.19 Å². The number of thiazole rings is 1. The van der Waals surface area contributed by atoms with Crippen molar-refractivity contribution in [1.29, 1.82) is 0 Å². The Kier molecular flexibility index (Phi) is 5.25. The van der Waals surface area contributed by atoms with E-state index in [0.717, 1.165) is 30.6 Å². The highest BCUT2D eigenvalue weighted by molar-refractivity contribution is 7.11. The Labute approximate surface area is 164 Å². The Morgan fingerprint density at radius 1 is 1.21 bits per heavy atom. The Bertz CT molecular complexity index is 866. The number of amides is 1. The number of carbonyl (C=O) groups is 1. The van der Waals surface area contributed by atoms with E-state index in [9.17, 15) is 13.6 Å². The number of likely N-dealkylation sites (tertiary alicyclic amines) is 1. The number of aromatic nitrogens is 1. The van der Waals surface area contributed by atoms with Crippen molar-refractivity contribution in [1.82, 2.24) is 9.88 Å². The lowest BCUT2D eigenvalue weighted by atomic mass is 9.99. The molecular formula is C19H19F2N3O3S. The van der Waals surface area contributed by atoms with E-state index in [1.54, 1.807) is 28.5 Å². The quantitative estimate of drug-likeness (QED) is 0.753. The molecule has 0 N–H and O–H groups in total. The topological polar surface area (TPSA) is 64.0 Å². The molecule has 148 valence electrons. The Morgan fingerprint density at radius 3 is 2.71 bits per heavy atom. The smallest absolute Gasteiger partial charge is 0.385 e. The van der Waals surface area contributed by atoms with Gasteiger partial charge in [-0.1, -0.05) is 46.8 Å². The standard InChI is InChI=1S/C19H19F2N3O3S/c20-19(21,13-7-3-1-4-8-13)16-11-14(23-27-16)15-12-28-17(22-15)26-18(25)24-9-5-2-6-10-24/h1,3-4,7-8,12,16H,2,5-6,9-11H2. The predicted molar refractivity (Wildman–Crippen MR) is 99.9 cm³/mol. The summed E-state index contributed by atoms with van der Waals surface area (Å²) < 4.78 is 34.6. The first-order valence-electron chi connectivity index (χ1n) is 9.13. The van der Waals surface area contributed by atoms with Crippen LogP contribution in [0.15, 0.2) is 40.9 Å². The van der Waals surface area contributed by atoms with Crippen molar-refractivity contribution in [3.8, 4) is 5.19 Å². The van der Waals surface area contributed by atoms with Crippen LogP contribution >= 0.6 is 11.3 Å². The van der Waals surface area contributed by atoms with Gasteiger partial charge in [0.1, 0.15) is 11.4 Å². The van der Waals surface area contributed by atoms with Gasteiger partial charge in [0, 0.05) is 30.5 Å². The summed E-state index contributed by atoms with van der Waals surface area (Å²) >= 11 is 1.13. The van der Waals surface area contributed by atoms with Crippen LogP contribution < -0.4 is 4.74 Å². The zero-order valence-electron chi connectivity index (χ0n) is 15.0. The molecule has 1 fully saturated rings. The number of oxime groups is 1. The van der Waals surface area contributed by atoms with Crippen LogP contribution in [-0.2, 0) is 10.8 Å². The van der Waals surface area contributed by atoms with Crippen LogP contribution in [0.4, 0.5) is 13.6 Å². The molecule has 1 amide bonds. The third-order valence-corrected chi connectivity index (χ3v) is 5.52. The number of alkyl halides is 2. The summed E-state index contributed by atoms with van der Waals surface area (Å²) in [5.74, 6) is -3.17. The molecule has 1 atom stereocenters. The minimum Gasteiger partial charge on any atom is -0.385 e. The lowest BCUT2D eigenvalue weighted by Gasteiger charge is -2.24. The fourth-order valence-corrected chi connectivity index (χ4v) is 3.89. The molecule has 2 aromatic rings. The molecule has 9 heteroatoms. The number of ether oxygens (including phenoxy) is 1. The molecule has 1 aromatic carbocycles. The van der Waals surface area contributed by atoms with Crippen LogP contribution in [0.1, 0.15) is 36.9 Å². The van der Waals surface area contributed by atoms with Gasteiger partial charge in [-0.2, -0.15) is 8.78 Å². The van der Waals surface area contributed by atoms with E-state index in [1.807, 2.05) is 0 Å². The van der Waals surface area contributed by atoms with Gasteiger partial charge in [0.05, 0.1) is 0 Å². The van der Waals surface area contributed by atoms with E-state index < -0.39 is 18.1 Å². The van der Waals surface area contributed by atoms with E-state index in [2.05, 4.69) is 10.1 Å². The van der Waals surface area contributed by atoms with Gasteiger partial charge in [0.2, 0.25) is 6.10 Å². The molecule has 28 heavy (non-hydrogen) atoms. The molecule has 6 nitrogen and oxygen atoms in total. The first-order valence-corrected chi connectivity index (χ1v) is 10.0. The molecule has 3 heterocycles. The summed E-state index contributed by atoms with van der Waals surface area (Å²) in [6.45, 7) is 1.35.